The van der Waals surface area contributed by atoms with Crippen LogP contribution in [0, 0.1) is 13.8 Å². The summed E-state index contributed by atoms with van der Waals surface area (Å²) in [6.07, 6.45) is 1.58. The minimum atomic E-state index is -3.51. The van der Waals surface area contributed by atoms with Crippen LogP contribution in [0.4, 0.5) is 11.8 Å². The number of nitrogens with zero attached hydrogens (tertiary/aromatic N) is 3. The molecule has 3 rings (SSSR count). The molecule has 1 fully saturated rings. The molecule has 2 heterocycles. The van der Waals surface area contributed by atoms with Crippen molar-refractivity contribution in [3.63, 3.8) is 0 Å². The topological polar surface area (TPSA) is 96.5 Å². The molecule has 1 saturated heterocycles. The molecule has 0 radical (unpaired) electrons. The predicted octanol–water partition coefficient (Wildman–Crippen LogP) is 1.93. The number of aryl methyl sites for hydroxylation is 2. The van der Waals surface area contributed by atoms with Gasteiger partial charge in [0.15, 0.2) is 0 Å². The lowest BCUT2D eigenvalue weighted by molar-refractivity contribution is 0.122. The van der Waals surface area contributed by atoms with Crippen LogP contribution in [0.3, 0.4) is 0 Å². The van der Waals surface area contributed by atoms with E-state index in [0.717, 1.165) is 35.7 Å². The Hall–Kier alpha value is -2.49. The van der Waals surface area contributed by atoms with Crippen molar-refractivity contribution in [2.45, 2.75) is 13.8 Å². The Balaban J connectivity index is 1.50. The first-order valence-electron chi connectivity index (χ1n) is 9.58. The zero-order chi connectivity index (χ0) is 20.7. The normalized spacial score (nSPS) is 15.0. The zero-order valence-corrected chi connectivity index (χ0v) is 17.6. The van der Waals surface area contributed by atoms with E-state index in [1.54, 1.807) is 6.08 Å². The Morgan fingerprint density at radius 1 is 1.10 bits per heavy atom. The van der Waals surface area contributed by atoms with Crippen molar-refractivity contribution in [2.24, 2.45) is 0 Å². The number of nitrogens with one attached hydrogen (secondary N) is 2. The highest BCUT2D eigenvalue weighted by Gasteiger charge is 2.14. The molecule has 2 N–H and O–H groups in total. The third kappa shape index (κ3) is 6.81. The third-order valence-corrected chi connectivity index (χ3v) is 5.51. The summed E-state index contributed by atoms with van der Waals surface area (Å²) in [6, 6.07) is 9.58. The molecular weight excluding hydrogens is 390 g/mol. The van der Waals surface area contributed by atoms with Crippen molar-refractivity contribution in [1.82, 2.24) is 14.7 Å². The van der Waals surface area contributed by atoms with E-state index in [9.17, 15) is 8.42 Å². The molecule has 0 unspecified atom stereocenters. The first-order chi connectivity index (χ1) is 13.9. The largest absolute Gasteiger partial charge is 0.378 e. The lowest BCUT2D eigenvalue weighted by atomic mass is 10.2. The lowest BCUT2D eigenvalue weighted by Gasteiger charge is -2.28. The fourth-order valence-corrected chi connectivity index (χ4v) is 3.67. The number of ether oxygens (including phenoxy) is 1. The summed E-state index contributed by atoms with van der Waals surface area (Å²) in [5, 5.41) is 4.26. The van der Waals surface area contributed by atoms with Crippen LogP contribution in [0.25, 0.3) is 6.08 Å². The molecule has 1 aliphatic heterocycles. The van der Waals surface area contributed by atoms with Crippen molar-refractivity contribution in [1.29, 1.82) is 0 Å². The summed E-state index contributed by atoms with van der Waals surface area (Å²) in [4.78, 5) is 11.1. The second-order valence-electron chi connectivity index (χ2n) is 6.87. The molecule has 1 aromatic carbocycles. The van der Waals surface area contributed by atoms with Gasteiger partial charge in [-0.15, -0.1) is 0 Å². The average Bonchev–Trinajstić information content (AvgIpc) is 2.71. The van der Waals surface area contributed by atoms with Gasteiger partial charge < -0.3 is 15.0 Å². The van der Waals surface area contributed by atoms with Gasteiger partial charge in [0, 0.05) is 43.3 Å². The van der Waals surface area contributed by atoms with Gasteiger partial charge in [-0.1, -0.05) is 29.8 Å². The molecule has 0 bridgehead atoms. The third-order valence-electron chi connectivity index (χ3n) is 4.40. The fourth-order valence-electron chi connectivity index (χ4n) is 2.85. The van der Waals surface area contributed by atoms with Crippen LogP contribution in [0.1, 0.15) is 16.8 Å². The quantitative estimate of drug-likeness (QED) is 0.634. The van der Waals surface area contributed by atoms with Crippen LogP contribution in [0.15, 0.2) is 35.7 Å². The summed E-state index contributed by atoms with van der Waals surface area (Å²) in [5.74, 6) is 1.34. The molecule has 29 heavy (non-hydrogen) atoms. The lowest BCUT2D eigenvalue weighted by Crippen LogP contribution is -2.37. The monoisotopic (exact) mass is 417 g/mol. The van der Waals surface area contributed by atoms with E-state index in [4.69, 9.17) is 4.74 Å². The van der Waals surface area contributed by atoms with E-state index in [2.05, 4.69) is 24.9 Å². The van der Waals surface area contributed by atoms with Gasteiger partial charge in [-0.3, -0.25) is 0 Å². The van der Waals surface area contributed by atoms with Crippen molar-refractivity contribution in [3.8, 4) is 0 Å². The maximum atomic E-state index is 12.1. The van der Waals surface area contributed by atoms with Gasteiger partial charge in [-0.25, -0.2) is 18.1 Å². The molecule has 0 amide bonds. The van der Waals surface area contributed by atoms with Gasteiger partial charge in [0.2, 0.25) is 16.0 Å². The number of rotatable bonds is 8. The van der Waals surface area contributed by atoms with Crippen LogP contribution in [0.2, 0.25) is 0 Å². The van der Waals surface area contributed by atoms with E-state index in [-0.39, 0.29) is 6.54 Å². The Kier molecular flexibility index (Phi) is 7.18. The van der Waals surface area contributed by atoms with E-state index in [1.807, 2.05) is 44.2 Å². The Morgan fingerprint density at radius 2 is 1.83 bits per heavy atom. The van der Waals surface area contributed by atoms with Crippen LogP contribution >= 0.6 is 0 Å². The molecule has 9 heteroatoms. The molecule has 0 spiro atoms. The highest BCUT2D eigenvalue weighted by Crippen LogP contribution is 2.16. The maximum Gasteiger partial charge on any atom is 0.233 e. The molecule has 1 aromatic heterocycles. The van der Waals surface area contributed by atoms with E-state index < -0.39 is 10.0 Å². The fraction of sp³-hybridized carbons (Fsp3) is 0.400. The van der Waals surface area contributed by atoms with E-state index >= 15 is 0 Å². The number of anilines is 2. The maximum absolute atomic E-state index is 12.1. The summed E-state index contributed by atoms with van der Waals surface area (Å²) in [5.41, 5.74) is 2.82. The van der Waals surface area contributed by atoms with Gasteiger partial charge >= 0.3 is 0 Å². The van der Waals surface area contributed by atoms with Gasteiger partial charge in [0.25, 0.3) is 0 Å². The van der Waals surface area contributed by atoms with Gasteiger partial charge in [0.05, 0.1) is 13.2 Å². The number of aromatic nitrogens is 2. The highest BCUT2D eigenvalue weighted by atomic mass is 32.2. The number of hydrogen-bond donors (Lipinski definition) is 2. The minimum Gasteiger partial charge on any atom is -0.378 e. The molecule has 0 saturated carbocycles. The van der Waals surface area contributed by atoms with Crippen molar-refractivity contribution < 1.29 is 13.2 Å². The highest BCUT2D eigenvalue weighted by molar-refractivity contribution is 7.92. The first-order valence-corrected chi connectivity index (χ1v) is 11.1. The first kappa shape index (κ1) is 21.2. The van der Waals surface area contributed by atoms with E-state index in [0.29, 0.717) is 25.7 Å². The minimum absolute atomic E-state index is 0.227. The zero-order valence-electron chi connectivity index (χ0n) is 16.8. The Bertz CT molecular complexity index is 939. The summed E-state index contributed by atoms with van der Waals surface area (Å²) >= 11 is 0. The van der Waals surface area contributed by atoms with Crippen LogP contribution in [0.5, 0.6) is 0 Å². The van der Waals surface area contributed by atoms with Gasteiger partial charge in [-0.2, -0.15) is 4.98 Å². The van der Waals surface area contributed by atoms with Crippen molar-refractivity contribution >= 4 is 27.9 Å². The molecule has 2 aromatic rings. The summed E-state index contributed by atoms with van der Waals surface area (Å²) in [6.45, 7) is 7.46. The van der Waals surface area contributed by atoms with Crippen LogP contribution in [-0.2, 0) is 14.8 Å². The molecule has 8 nitrogen and oxygen atoms in total. The predicted molar refractivity (Wildman–Crippen MR) is 115 cm³/mol. The Morgan fingerprint density at radius 3 is 2.55 bits per heavy atom. The van der Waals surface area contributed by atoms with Crippen LogP contribution in [-0.4, -0.2) is 57.8 Å². The SMILES string of the molecule is Cc1ccc(/C=C/S(=O)(=O)NCCNc2nc(C)cc(N3CCOCC3)n2)cc1. The van der Waals surface area contributed by atoms with Crippen molar-refractivity contribution in [3.05, 3.63) is 52.6 Å². The number of hydrogen-bond acceptors (Lipinski definition) is 7. The molecule has 0 atom stereocenters. The standard InChI is InChI=1S/C20H27N5O3S/c1-16-3-5-18(6-4-16)7-14-29(26,27)22-9-8-21-20-23-17(2)15-19(24-20)25-10-12-28-13-11-25/h3-7,14-15,22H,8-13H2,1-2H3,(H,21,23,24)/b14-7+. The number of benzene rings is 1. The molecular formula is C20H27N5O3S. The number of sulfonamides is 1. The molecule has 156 valence electrons. The van der Waals surface area contributed by atoms with Gasteiger partial charge in [-0.05, 0) is 25.5 Å². The average molecular weight is 418 g/mol. The summed E-state index contributed by atoms with van der Waals surface area (Å²) in [7, 11) is -3.51. The van der Waals surface area contributed by atoms with Crippen LogP contribution < -0.4 is 14.9 Å². The molecule has 0 aliphatic carbocycles. The second-order valence-corrected chi connectivity index (χ2v) is 8.52. The molecule has 1 aliphatic rings. The van der Waals surface area contributed by atoms with Gasteiger partial charge in [0.1, 0.15) is 5.82 Å². The van der Waals surface area contributed by atoms with Crippen molar-refractivity contribution in [2.75, 3.05) is 49.6 Å². The number of morpholine rings is 1. The summed E-state index contributed by atoms with van der Waals surface area (Å²) < 4.78 is 32.2. The Labute approximate surface area is 172 Å². The second kappa shape index (κ2) is 9.82. The van der Waals surface area contributed by atoms with E-state index in [1.165, 1.54) is 5.41 Å². The smallest absolute Gasteiger partial charge is 0.233 e.